The van der Waals surface area contributed by atoms with Gasteiger partial charge in [-0.15, -0.1) is 0 Å². The maximum absolute atomic E-state index is 13.4. The van der Waals surface area contributed by atoms with Gasteiger partial charge in [0.2, 0.25) is 0 Å². The highest BCUT2D eigenvalue weighted by Crippen LogP contribution is 2.31. The van der Waals surface area contributed by atoms with Crippen LogP contribution in [0.15, 0.2) is 61.1 Å². The summed E-state index contributed by atoms with van der Waals surface area (Å²) in [4.78, 5) is 20.1. The van der Waals surface area contributed by atoms with E-state index in [4.69, 9.17) is 4.74 Å². The molecule has 0 atom stereocenters. The molecule has 2 heterocycles. The zero-order valence-electron chi connectivity index (χ0n) is 15.9. The van der Waals surface area contributed by atoms with Gasteiger partial charge >= 0.3 is 12.3 Å². The lowest BCUT2D eigenvalue weighted by molar-refractivity contribution is -0.137. The molecule has 2 aromatic carbocycles. The number of nitrogens with one attached hydrogen (secondary N) is 1. The number of ether oxygens (including phenoxy) is 1. The first kappa shape index (κ1) is 20.3. The van der Waals surface area contributed by atoms with Crippen LogP contribution in [0.3, 0.4) is 0 Å². The Morgan fingerprint density at radius 1 is 1.10 bits per heavy atom. The van der Waals surface area contributed by atoms with Crippen molar-refractivity contribution in [3.8, 4) is 17.1 Å². The Hall–Kier alpha value is -3.95. The first-order valence-corrected chi connectivity index (χ1v) is 8.96. The van der Waals surface area contributed by atoms with Crippen LogP contribution in [0.2, 0.25) is 0 Å². The van der Waals surface area contributed by atoms with E-state index in [1.54, 1.807) is 13.1 Å². The molecule has 6 nitrogen and oxygen atoms in total. The maximum Gasteiger partial charge on any atom is 0.432 e. The van der Waals surface area contributed by atoms with Crippen LogP contribution in [0.1, 0.15) is 11.1 Å². The van der Waals surface area contributed by atoms with Crippen molar-refractivity contribution in [1.82, 2.24) is 14.6 Å². The molecule has 0 spiro atoms. The summed E-state index contributed by atoms with van der Waals surface area (Å²) in [5, 5.41) is 0.633. The average molecular weight is 430 g/mol. The third-order valence-electron chi connectivity index (χ3n) is 4.46. The van der Waals surface area contributed by atoms with E-state index in [-0.39, 0.29) is 17.1 Å². The molecule has 158 valence electrons. The van der Waals surface area contributed by atoms with Crippen LogP contribution in [-0.2, 0) is 6.18 Å². The lowest BCUT2D eigenvalue weighted by atomic mass is 10.1. The lowest BCUT2D eigenvalue weighted by Gasteiger charge is -2.09. The van der Waals surface area contributed by atoms with Crippen molar-refractivity contribution >= 4 is 17.0 Å². The van der Waals surface area contributed by atoms with E-state index in [9.17, 15) is 22.4 Å². The van der Waals surface area contributed by atoms with Gasteiger partial charge in [-0.05, 0) is 42.8 Å². The number of amides is 1. The van der Waals surface area contributed by atoms with Crippen molar-refractivity contribution in [3.05, 3.63) is 78.0 Å². The minimum atomic E-state index is -4.48. The second-order valence-electron chi connectivity index (χ2n) is 6.67. The van der Waals surface area contributed by atoms with Crippen LogP contribution in [0, 0.1) is 12.7 Å². The van der Waals surface area contributed by atoms with Crippen LogP contribution in [0.4, 0.5) is 22.4 Å². The van der Waals surface area contributed by atoms with Crippen molar-refractivity contribution in [2.75, 3.05) is 5.43 Å². The molecule has 0 aliphatic carbocycles. The summed E-state index contributed by atoms with van der Waals surface area (Å²) in [7, 11) is 0. The third-order valence-corrected chi connectivity index (χ3v) is 4.46. The predicted octanol–water partition coefficient (Wildman–Crippen LogP) is 5.31. The summed E-state index contributed by atoms with van der Waals surface area (Å²) in [6, 6.07) is 8.73. The van der Waals surface area contributed by atoms with Gasteiger partial charge in [0.05, 0.1) is 23.5 Å². The van der Waals surface area contributed by atoms with Gasteiger partial charge in [0, 0.05) is 17.1 Å². The van der Waals surface area contributed by atoms with Crippen LogP contribution in [0.25, 0.3) is 22.3 Å². The molecule has 0 saturated heterocycles. The van der Waals surface area contributed by atoms with Gasteiger partial charge < -0.3 is 4.74 Å². The predicted molar refractivity (Wildman–Crippen MR) is 104 cm³/mol. The molecule has 1 amide bonds. The number of fused-ring (bicyclic) bond motifs is 1. The highest BCUT2D eigenvalue weighted by atomic mass is 19.4. The molecular formula is C21H14F4N4O2. The van der Waals surface area contributed by atoms with Gasteiger partial charge in [0.1, 0.15) is 5.82 Å². The molecule has 0 radical (unpaired) electrons. The van der Waals surface area contributed by atoms with E-state index in [0.29, 0.717) is 10.9 Å². The van der Waals surface area contributed by atoms with Crippen molar-refractivity contribution in [2.45, 2.75) is 13.1 Å². The smallest absolute Gasteiger partial charge is 0.406 e. The molecule has 2 aromatic heterocycles. The van der Waals surface area contributed by atoms with E-state index < -0.39 is 23.7 Å². The molecule has 10 heteroatoms. The highest BCUT2D eigenvalue weighted by Gasteiger charge is 2.30. The van der Waals surface area contributed by atoms with E-state index in [0.717, 1.165) is 17.7 Å². The second-order valence-corrected chi connectivity index (χ2v) is 6.67. The molecule has 31 heavy (non-hydrogen) atoms. The number of nitrogens with zero attached hydrogens (tertiary/aromatic N) is 3. The molecule has 4 aromatic rings. The molecule has 0 fully saturated rings. The lowest BCUT2D eigenvalue weighted by Crippen LogP contribution is -2.25. The Labute approximate surface area is 173 Å². The quantitative estimate of drug-likeness (QED) is 0.448. The number of alkyl halides is 3. The van der Waals surface area contributed by atoms with Crippen LogP contribution >= 0.6 is 0 Å². The first-order chi connectivity index (χ1) is 14.7. The number of hydrogen-bond donors (Lipinski definition) is 1. The average Bonchev–Trinajstić information content (AvgIpc) is 3.02. The van der Waals surface area contributed by atoms with E-state index in [1.165, 1.54) is 47.4 Å². The minimum Gasteiger partial charge on any atom is -0.406 e. The summed E-state index contributed by atoms with van der Waals surface area (Å²) in [5.41, 5.74) is 3.18. The van der Waals surface area contributed by atoms with Crippen LogP contribution < -0.4 is 10.2 Å². The zero-order chi connectivity index (χ0) is 22.2. The Kier molecular flexibility index (Phi) is 5.05. The number of rotatable bonds is 3. The normalized spacial score (nSPS) is 11.5. The molecule has 0 saturated carbocycles. The topological polar surface area (TPSA) is 69.0 Å². The standard InChI is InChI=1S/C21H14F4N4O2/c1-12-11-29(18-6-5-15(22)8-17(12)18)28-20(30)31-16-9-26-19(27-10-16)13-3-2-4-14(7-13)21(23,24)25/h2-11H,1H3,(H,28,30). The van der Waals surface area contributed by atoms with Gasteiger partial charge in [-0.3, -0.25) is 4.68 Å². The largest absolute Gasteiger partial charge is 0.432 e. The summed E-state index contributed by atoms with van der Waals surface area (Å²) >= 11 is 0. The molecule has 0 bridgehead atoms. The van der Waals surface area contributed by atoms with Crippen LogP contribution in [0.5, 0.6) is 5.75 Å². The van der Waals surface area contributed by atoms with Gasteiger partial charge in [-0.2, -0.15) is 13.2 Å². The summed E-state index contributed by atoms with van der Waals surface area (Å²) < 4.78 is 58.5. The minimum absolute atomic E-state index is 0.00699. The fourth-order valence-corrected chi connectivity index (χ4v) is 3.04. The number of aryl methyl sites for hydroxylation is 1. The van der Waals surface area contributed by atoms with Crippen molar-refractivity contribution in [1.29, 1.82) is 0 Å². The van der Waals surface area contributed by atoms with Gasteiger partial charge in [-0.1, -0.05) is 12.1 Å². The van der Waals surface area contributed by atoms with E-state index >= 15 is 0 Å². The summed E-state index contributed by atoms with van der Waals surface area (Å²) in [6.07, 6.45) is -1.37. The van der Waals surface area contributed by atoms with Gasteiger partial charge in [0.15, 0.2) is 11.6 Å². The second kappa shape index (κ2) is 7.71. The summed E-state index contributed by atoms with van der Waals surface area (Å²) in [5.74, 6) is -0.352. The number of halogens is 4. The van der Waals surface area contributed by atoms with Crippen molar-refractivity contribution < 1.29 is 27.1 Å². The Morgan fingerprint density at radius 3 is 2.55 bits per heavy atom. The number of carbonyl (C=O) groups is 1. The Bertz CT molecular complexity index is 1270. The fourth-order valence-electron chi connectivity index (χ4n) is 3.04. The molecule has 0 aliphatic heterocycles. The number of hydrogen-bond acceptors (Lipinski definition) is 4. The maximum atomic E-state index is 13.4. The first-order valence-electron chi connectivity index (χ1n) is 8.96. The van der Waals surface area contributed by atoms with E-state index in [1.807, 2.05) is 0 Å². The Morgan fingerprint density at radius 2 is 1.84 bits per heavy atom. The molecule has 4 rings (SSSR count). The fraction of sp³-hybridized carbons (Fsp3) is 0.0952. The number of aromatic nitrogens is 3. The number of benzene rings is 2. The van der Waals surface area contributed by atoms with Crippen LogP contribution in [-0.4, -0.2) is 20.7 Å². The highest BCUT2D eigenvalue weighted by molar-refractivity contribution is 5.87. The molecule has 0 unspecified atom stereocenters. The SMILES string of the molecule is Cc1cn(NC(=O)Oc2cnc(-c3cccc(C(F)(F)F)c3)nc2)c2ccc(F)cc12. The van der Waals surface area contributed by atoms with Gasteiger partial charge in [-0.25, -0.2) is 24.6 Å². The van der Waals surface area contributed by atoms with Gasteiger partial charge in [0.25, 0.3) is 0 Å². The molecular weight excluding hydrogens is 416 g/mol. The van der Waals surface area contributed by atoms with Crippen molar-refractivity contribution in [2.24, 2.45) is 0 Å². The zero-order valence-corrected chi connectivity index (χ0v) is 15.9. The van der Waals surface area contributed by atoms with E-state index in [2.05, 4.69) is 15.4 Å². The third kappa shape index (κ3) is 4.32. The summed E-state index contributed by atoms with van der Waals surface area (Å²) in [6.45, 7) is 1.77. The molecule has 0 aliphatic rings. The van der Waals surface area contributed by atoms with Crippen molar-refractivity contribution in [3.63, 3.8) is 0 Å². The Balaban J connectivity index is 1.48. The monoisotopic (exact) mass is 430 g/mol. The molecule has 1 N–H and O–H groups in total. The number of carbonyl (C=O) groups excluding carboxylic acids is 1.